The van der Waals surface area contributed by atoms with Crippen molar-refractivity contribution in [1.29, 1.82) is 0 Å². The fourth-order valence-corrected chi connectivity index (χ4v) is 5.98. The number of carbonyl (C=O) groups is 3. The van der Waals surface area contributed by atoms with Gasteiger partial charge in [0.25, 0.3) is 15.9 Å². The van der Waals surface area contributed by atoms with Crippen LogP contribution in [0.2, 0.25) is 0 Å². The molecule has 2 aromatic carbocycles. The summed E-state index contributed by atoms with van der Waals surface area (Å²) in [5.74, 6) is -1.63. The Morgan fingerprint density at radius 1 is 1.09 bits per heavy atom. The Balaban J connectivity index is 1.57. The maximum absolute atomic E-state index is 13.4. The van der Waals surface area contributed by atoms with Crippen LogP contribution in [0.3, 0.4) is 0 Å². The number of rotatable bonds is 7. The third-order valence-electron chi connectivity index (χ3n) is 6.53. The van der Waals surface area contributed by atoms with Crippen molar-refractivity contribution in [3.05, 3.63) is 65.2 Å². The molecule has 1 atom stereocenters. The molecule has 8 nitrogen and oxygen atoms in total. The highest BCUT2D eigenvalue weighted by Gasteiger charge is 2.43. The summed E-state index contributed by atoms with van der Waals surface area (Å²) in [6, 6.07) is 12.7. The molecule has 2 aliphatic rings. The number of nitrogens with zero attached hydrogens (tertiary/aromatic N) is 2. The number of sulfonamides is 1. The van der Waals surface area contributed by atoms with Gasteiger partial charge in [-0.25, -0.2) is 12.7 Å². The normalized spacial score (nSPS) is 17.9. The maximum atomic E-state index is 13.4. The van der Waals surface area contributed by atoms with Gasteiger partial charge in [-0.05, 0) is 44.4 Å². The van der Waals surface area contributed by atoms with Crippen molar-refractivity contribution < 1.29 is 22.8 Å². The minimum Gasteiger partial charge on any atom is -0.352 e. The van der Waals surface area contributed by atoms with Crippen molar-refractivity contribution in [2.75, 3.05) is 6.54 Å². The molecule has 0 bridgehead atoms. The number of hydrogen-bond acceptors (Lipinski definition) is 5. The zero-order valence-corrected chi connectivity index (χ0v) is 20.2. The van der Waals surface area contributed by atoms with Crippen LogP contribution in [0.15, 0.2) is 53.4 Å². The summed E-state index contributed by atoms with van der Waals surface area (Å²) in [5.41, 5.74) is 1.91. The van der Waals surface area contributed by atoms with Crippen LogP contribution < -0.4 is 5.32 Å². The molecule has 34 heavy (non-hydrogen) atoms. The van der Waals surface area contributed by atoms with Crippen LogP contribution in [-0.4, -0.2) is 54.0 Å². The Morgan fingerprint density at radius 2 is 1.74 bits per heavy atom. The number of aryl methyl sites for hydroxylation is 1. The third-order valence-corrected chi connectivity index (χ3v) is 8.32. The number of carbonyl (C=O) groups excluding carboxylic acids is 3. The summed E-state index contributed by atoms with van der Waals surface area (Å²) < 4.78 is 26.5. The minimum atomic E-state index is -4.13. The molecule has 1 N–H and O–H groups in total. The monoisotopic (exact) mass is 483 g/mol. The minimum absolute atomic E-state index is 0.0485. The van der Waals surface area contributed by atoms with Crippen molar-refractivity contribution >= 4 is 27.7 Å². The Morgan fingerprint density at radius 3 is 2.38 bits per heavy atom. The summed E-state index contributed by atoms with van der Waals surface area (Å²) in [6.45, 7) is 3.04. The molecule has 4 rings (SSSR count). The number of fused-ring (bicyclic) bond motifs is 1. The van der Waals surface area contributed by atoms with Crippen LogP contribution >= 0.6 is 0 Å². The van der Waals surface area contributed by atoms with Gasteiger partial charge in [0.15, 0.2) is 0 Å². The van der Waals surface area contributed by atoms with E-state index in [4.69, 9.17) is 0 Å². The Kier molecular flexibility index (Phi) is 6.74. The van der Waals surface area contributed by atoms with Crippen LogP contribution in [0.4, 0.5) is 0 Å². The van der Waals surface area contributed by atoms with Gasteiger partial charge < -0.3 is 10.2 Å². The van der Waals surface area contributed by atoms with E-state index in [1.165, 1.54) is 23.1 Å². The molecule has 1 unspecified atom stereocenters. The SMILES string of the molecule is Cc1ccc(CN(C(=O)CN2C(=O)c3ccccc3S2(=O)=O)C(C)C(=O)NC2CCCC2)cc1. The summed E-state index contributed by atoms with van der Waals surface area (Å²) >= 11 is 0. The Bertz CT molecular complexity index is 1200. The molecule has 2 aromatic rings. The predicted octanol–water partition coefficient (Wildman–Crippen LogP) is 2.62. The number of benzene rings is 2. The number of nitrogens with one attached hydrogen (secondary N) is 1. The first-order valence-corrected chi connectivity index (χ1v) is 12.9. The van der Waals surface area contributed by atoms with Crippen LogP contribution in [0.1, 0.15) is 54.1 Å². The quantitative estimate of drug-likeness (QED) is 0.652. The molecule has 0 radical (unpaired) electrons. The van der Waals surface area contributed by atoms with Crippen LogP contribution in [-0.2, 0) is 26.2 Å². The molecule has 1 aliphatic heterocycles. The lowest BCUT2D eigenvalue weighted by Crippen LogP contribution is -2.52. The van der Waals surface area contributed by atoms with E-state index in [9.17, 15) is 22.8 Å². The van der Waals surface area contributed by atoms with E-state index in [1.807, 2.05) is 31.2 Å². The molecular weight excluding hydrogens is 454 g/mol. The van der Waals surface area contributed by atoms with Crippen LogP contribution in [0, 0.1) is 6.92 Å². The molecule has 1 fully saturated rings. The van der Waals surface area contributed by atoms with Crippen molar-refractivity contribution in [3.63, 3.8) is 0 Å². The average molecular weight is 484 g/mol. The zero-order chi connectivity index (χ0) is 24.5. The van der Waals surface area contributed by atoms with Gasteiger partial charge in [-0.1, -0.05) is 54.8 Å². The van der Waals surface area contributed by atoms with Gasteiger partial charge in [0.2, 0.25) is 11.8 Å². The van der Waals surface area contributed by atoms with E-state index in [0.29, 0.717) is 4.31 Å². The van der Waals surface area contributed by atoms with Crippen molar-refractivity contribution in [2.24, 2.45) is 0 Å². The van der Waals surface area contributed by atoms with Gasteiger partial charge in [-0.15, -0.1) is 0 Å². The molecular formula is C25H29N3O5S. The van der Waals surface area contributed by atoms with Gasteiger partial charge in [0.1, 0.15) is 17.5 Å². The molecule has 0 spiro atoms. The Hall–Kier alpha value is -3.20. The fraction of sp³-hybridized carbons (Fsp3) is 0.400. The first-order chi connectivity index (χ1) is 16.2. The van der Waals surface area contributed by atoms with Crippen LogP contribution in [0.25, 0.3) is 0 Å². The van der Waals surface area contributed by atoms with Gasteiger partial charge in [0, 0.05) is 12.6 Å². The Labute approximate surface area is 200 Å². The molecule has 1 saturated carbocycles. The molecule has 180 valence electrons. The van der Waals surface area contributed by atoms with Crippen molar-refractivity contribution in [2.45, 2.75) is 63.1 Å². The summed E-state index contributed by atoms with van der Waals surface area (Å²) in [5, 5.41) is 3.01. The molecule has 1 aliphatic carbocycles. The van der Waals surface area contributed by atoms with Crippen molar-refractivity contribution in [1.82, 2.24) is 14.5 Å². The first kappa shape index (κ1) is 23.9. The number of hydrogen-bond donors (Lipinski definition) is 1. The topological polar surface area (TPSA) is 104 Å². The summed E-state index contributed by atoms with van der Waals surface area (Å²) in [6.07, 6.45) is 3.92. The molecule has 9 heteroatoms. The number of amides is 3. The van der Waals surface area contributed by atoms with E-state index in [0.717, 1.165) is 36.8 Å². The van der Waals surface area contributed by atoms with E-state index < -0.39 is 34.4 Å². The van der Waals surface area contributed by atoms with Gasteiger partial charge in [-0.3, -0.25) is 14.4 Å². The van der Waals surface area contributed by atoms with Gasteiger partial charge >= 0.3 is 0 Å². The summed E-state index contributed by atoms with van der Waals surface area (Å²) in [4.78, 5) is 40.5. The second-order valence-corrected chi connectivity index (χ2v) is 10.8. The predicted molar refractivity (Wildman–Crippen MR) is 126 cm³/mol. The standard InChI is InChI=1S/C25H29N3O5S/c1-17-11-13-19(14-12-17)15-27(18(2)24(30)26-20-7-3-4-8-20)23(29)16-28-25(31)21-9-5-6-10-22(21)34(28,32)33/h5-6,9-14,18,20H,3-4,7-8,15-16H2,1-2H3,(H,26,30). The molecule has 1 heterocycles. The van der Waals surface area contributed by atoms with E-state index in [2.05, 4.69) is 5.32 Å². The van der Waals surface area contributed by atoms with E-state index >= 15 is 0 Å². The summed E-state index contributed by atoms with van der Waals surface area (Å²) in [7, 11) is -4.13. The second kappa shape index (κ2) is 9.58. The smallest absolute Gasteiger partial charge is 0.269 e. The highest BCUT2D eigenvalue weighted by atomic mass is 32.2. The zero-order valence-electron chi connectivity index (χ0n) is 19.4. The first-order valence-electron chi connectivity index (χ1n) is 11.5. The average Bonchev–Trinajstić information content (AvgIpc) is 3.39. The molecule has 0 aromatic heterocycles. The lowest BCUT2D eigenvalue weighted by Gasteiger charge is -2.31. The van der Waals surface area contributed by atoms with Crippen molar-refractivity contribution in [3.8, 4) is 0 Å². The largest absolute Gasteiger partial charge is 0.352 e. The molecule has 3 amide bonds. The van der Waals surface area contributed by atoms with Crippen LogP contribution in [0.5, 0.6) is 0 Å². The van der Waals surface area contributed by atoms with E-state index in [1.54, 1.807) is 13.0 Å². The third kappa shape index (κ3) is 4.70. The lowest BCUT2D eigenvalue weighted by molar-refractivity contribution is -0.140. The second-order valence-electron chi connectivity index (χ2n) is 8.99. The highest BCUT2D eigenvalue weighted by molar-refractivity contribution is 7.90. The maximum Gasteiger partial charge on any atom is 0.269 e. The lowest BCUT2D eigenvalue weighted by atomic mass is 10.1. The van der Waals surface area contributed by atoms with Gasteiger partial charge in [0.05, 0.1) is 5.56 Å². The fourth-order valence-electron chi connectivity index (χ4n) is 4.47. The van der Waals surface area contributed by atoms with E-state index in [-0.39, 0.29) is 29.0 Å². The van der Waals surface area contributed by atoms with Gasteiger partial charge in [-0.2, -0.15) is 0 Å². The molecule has 0 saturated heterocycles. The highest BCUT2D eigenvalue weighted by Crippen LogP contribution is 2.30.